The first-order valence-corrected chi connectivity index (χ1v) is 11.2. The summed E-state index contributed by atoms with van der Waals surface area (Å²) in [5.74, 6) is 0.461. The number of halogens is 1. The number of ether oxygens (including phenoxy) is 1. The van der Waals surface area contributed by atoms with Crippen molar-refractivity contribution in [2.75, 3.05) is 13.1 Å². The number of pyridine rings is 2. The van der Waals surface area contributed by atoms with E-state index in [-0.39, 0.29) is 23.5 Å². The summed E-state index contributed by atoms with van der Waals surface area (Å²) in [6, 6.07) is 13.5. The van der Waals surface area contributed by atoms with E-state index in [2.05, 4.69) is 20.2 Å². The second-order valence-electron chi connectivity index (χ2n) is 8.39. The van der Waals surface area contributed by atoms with E-state index < -0.39 is 0 Å². The lowest BCUT2D eigenvalue weighted by atomic mass is 9.90. The third-order valence-electron chi connectivity index (χ3n) is 6.04. The number of carbonyl (C=O) groups is 1. The minimum Gasteiger partial charge on any atom is -0.437 e. The molecular weight excluding hydrogens is 433 g/mol. The highest BCUT2D eigenvalue weighted by molar-refractivity contribution is 5.96. The molecule has 8 heteroatoms. The van der Waals surface area contributed by atoms with Gasteiger partial charge in [0.25, 0.3) is 5.91 Å². The van der Waals surface area contributed by atoms with Gasteiger partial charge in [-0.05, 0) is 61.7 Å². The number of aryl methyl sites for hydroxylation is 1. The first kappa shape index (κ1) is 21.8. The molecule has 1 aromatic carbocycles. The third kappa shape index (κ3) is 4.52. The fourth-order valence-corrected chi connectivity index (χ4v) is 4.30. The summed E-state index contributed by atoms with van der Waals surface area (Å²) in [7, 11) is 0. The van der Waals surface area contributed by atoms with Crippen LogP contribution in [0, 0.1) is 12.7 Å². The van der Waals surface area contributed by atoms with Crippen LogP contribution in [-0.2, 0) is 0 Å². The highest BCUT2D eigenvalue weighted by Crippen LogP contribution is 2.34. The molecule has 5 rings (SSSR count). The lowest BCUT2D eigenvalue weighted by molar-refractivity contribution is 0.0702. The van der Waals surface area contributed by atoms with Crippen LogP contribution in [0.1, 0.15) is 40.5 Å². The smallest absolute Gasteiger partial charge is 0.259 e. The molecule has 0 saturated carbocycles. The average Bonchev–Trinajstić information content (AvgIpc) is 3.36. The van der Waals surface area contributed by atoms with Crippen LogP contribution < -0.4 is 4.74 Å². The summed E-state index contributed by atoms with van der Waals surface area (Å²) in [4.78, 5) is 23.9. The van der Waals surface area contributed by atoms with Crippen LogP contribution in [0.3, 0.4) is 0 Å². The van der Waals surface area contributed by atoms with Gasteiger partial charge in [0.2, 0.25) is 5.88 Å². The fourth-order valence-electron chi connectivity index (χ4n) is 4.30. The highest BCUT2D eigenvalue weighted by Gasteiger charge is 2.30. The first-order valence-electron chi connectivity index (χ1n) is 11.2. The van der Waals surface area contributed by atoms with Gasteiger partial charge in [0.05, 0.1) is 12.4 Å². The molecule has 4 aromatic rings. The Hall–Kier alpha value is -4.07. The summed E-state index contributed by atoms with van der Waals surface area (Å²) < 4.78 is 19.3. The van der Waals surface area contributed by atoms with Crippen molar-refractivity contribution >= 4 is 5.91 Å². The number of amides is 1. The molecular formula is C26H24FN5O2. The average molecular weight is 458 g/mol. The number of aromatic amines is 1. The van der Waals surface area contributed by atoms with Gasteiger partial charge in [-0.1, -0.05) is 12.1 Å². The summed E-state index contributed by atoms with van der Waals surface area (Å²) in [6.07, 6.45) is 6.75. The molecule has 34 heavy (non-hydrogen) atoms. The van der Waals surface area contributed by atoms with Crippen molar-refractivity contribution in [2.24, 2.45) is 0 Å². The Morgan fingerprint density at radius 3 is 2.76 bits per heavy atom. The molecule has 7 nitrogen and oxygen atoms in total. The van der Waals surface area contributed by atoms with Crippen LogP contribution in [0.15, 0.2) is 67.1 Å². The highest BCUT2D eigenvalue weighted by atomic mass is 19.1. The Morgan fingerprint density at radius 2 is 1.97 bits per heavy atom. The topological polar surface area (TPSA) is 84.0 Å². The molecule has 0 unspecified atom stereocenters. The van der Waals surface area contributed by atoms with Gasteiger partial charge >= 0.3 is 0 Å². The lowest BCUT2D eigenvalue weighted by Crippen LogP contribution is -2.39. The number of hydrogen-bond acceptors (Lipinski definition) is 5. The molecule has 1 fully saturated rings. The van der Waals surface area contributed by atoms with Gasteiger partial charge in [0, 0.05) is 42.2 Å². The van der Waals surface area contributed by atoms with Crippen LogP contribution in [0.5, 0.6) is 11.6 Å². The summed E-state index contributed by atoms with van der Waals surface area (Å²) in [5, 5.41) is 7.34. The molecule has 172 valence electrons. The van der Waals surface area contributed by atoms with E-state index in [0.717, 1.165) is 35.4 Å². The van der Waals surface area contributed by atoms with Crippen LogP contribution >= 0.6 is 0 Å². The summed E-state index contributed by atoms with van der Waals surface area (Å²) in [5.41, 5.74) is 4.06. The Bertz CT molecular complexity index is 1290. The van der Waals surface area contributed by atoms with Crippen LogP contribution in [-0.4, -0.2) is 44.1 Å². The number of benzene rings is 1. The molecule has 1 amide bonds. The molecule has 0 spiro atoms. The molecule has 1 atom stereocenters. The van der Waals surface area contributed by atoms with Crippen molar-refractivity contribution in [3.8, 4) is 22.8 Å². The molecule has 0 aliphatic carbocycles. The molecule has 1 aliphatic rings. The van der Waals surface area contributed by atoms with Gasteiger partial charge in [-0.25, -0.2) is 9.37 Å². The molecule has 1 N–H and O–H groups in total. The van der Waals surface area contributed by atoms with E-state index in [1.165, 1.54) is 12.1 Å². The zero-order valence-electron chi connectivity index (χ0n) is 18.7. The van der Waals surface area contributed by atoms with Crippen molar-refractivity contribution in [3.63, 3.8) is 0 Å². The number of likely N-dealkylation sites (tertiary alicyclic amines) is 1. The van der Waals surface area contributed by atoms with Crippen molar-refractivity contribution in [1.82, 2.24) is 25.1 Å². The van der Waals surface area contributed by atoms with Crippen LogP contribution in [0.2, 0.25) is 0 Å². The monoisotopic (exact) mass is 457 g/mol. The maximum absolute atomic E-state index is 13.5. The maximum Gasteiger partial charge on any atom is 0.259 e. The minimum absolute atomic E-state index is 0.0857. The predicted molar refractivity (Wildman–Crippen MR) is 125 cm³/mol. The second kappa shape index (κ2) is 9.43. The number of rotatable bonds is 5. The lowest BCUT2D eigenvalue weighted by Gasteiger charge is -2.33. The number of nitrogens with zero attached hydrogens (tertiary/aromatic N) is 4. The Kier molecular flexibility index (Phi) is 6.03. The third-order valence-corrected chi connectivity index (χ3v) is 6.04. The minimum atomic E-state index is -0.279. The normalized spacial score (nSPS) is 15.8. The number of nitrogens with one attached hydrogen (secondary N) is 1. The number of piperidine rings is 1. The van der Waals surface area contributed by atoms with Gasteiger partial charge in [0.1, 0.15) is 17.1 Å². The maximum atomic E-state index is 13.5. The van der Waals surface area contributed by atoms with Crippen LogP contribution in [0.4, 0.5) is 4.39 Å². The van der Waals surface area contributed by atoms with Crippen molar-refractivity contribution < 1.29 is 13.9 Å². The van der Waals surface area contributed by atoms with Crippen LogP contribution in [0.25, 0.3) is 11.1 Å². The molecule has 1 aliphatic heterocycles. The first-order chi connectivity index (χ1) is 16.6. The molecule has 0 bridgehead atoms. The number of hydrogen-bond donors (Lipinski definition) is 1. The quantitative estimate of drug-likeness (QED) is 0.449. The number of carbonyl (C=O) groups excluding carboxylic acids is 1. The molecule has 0 radical (unpaired) electrons. The number of H-pyrrole nitrogens is 1. The van der Waals surface area contributed by atoms with Gasteiger partial charge in [-0.2, -0.15) is 5.10 Å². The summed E-state index contributed by atoms with van der Waals surface area (Å²) in [6.45, 7) is 3.08. The summed E-state index contributed by atoms with van der Waals surface area (Å²) >= 11 is 0. The number of aromatic nitrogens is 4. The Morgan fingerprint density at radius 1 is 1.12 bits per heavy atom. The van der Waals surface area contributed by atoms with Gasteiger partial charge in [-0.15, -0.1) is 0 Å². The van der Waals surface area contributed by atoms with Gasteiger partial charge < -0.3 is 9.64 Å². The predicted octanol–water partition coefficient (Wildman–Crippen LogP) is 5.13. The van der Waals surface area contributed by atoms with Crippen molar-refractivity contribution in [1.29, 1.82) is 0 Å². The zero-order chi connectivity index (χ0) is 23.5. The van der Waals surface area contributed by atoms with E-state index in [4.69, 9.17) is 4.74 Å². The van der Waals surface area contributed by atoms with E-state index in [1.54, 1.807) is 48.9 Å². The molecule has 4 heterocycles. The SMILES string of the molecule is Cc1ccc(Oc2ncccc2C(=O)N2CCC[C@@H](c3[nH]ncc3-c3ccc(F)cc3)C2)cn1. The Labute approximate surface area is 196 Å². The van der Waals surface area contributed by atoms with E-state index in [0.29, 0.717) is 24.4 Å². The standard InChI is InChI=1S/C26H24FN5O2/c1-17-6-11-21(14-29-17)34-25-22(5-2-12-28-25)26(33)32-13-3-4-19(16-32)24-23(15-30-31-24)18-7-9-20(27)10-8-18/h2,5-12,14-15,19H,3-4,13,16H2,1H3,(H,30,31)/t19-/m1/s1. The van der Waals surface area contributed by atoms with Crippen molar-refractivity contribution in [2.45, 2.75) is 25.7 Å². The van der Waals surface area contributed by atoms with Gasteiger partial charge in [0.15, 0.2) is 0 Å². The second-order valence-corrected chi connectivity index (χ2v) is 8.39. The fraction of sp³-hybridized carbons (Fsp3) is 0.231. The van der Waals surface area contributed by atoms with Gasteiger partial charge in [-0.3, -0.25) is 14.9 Å². The van der Waals surface area contributed by atoms with E-state index in [1.807, 2.05) is 17.9 Å². The zero-order valence-corrected chi connectivity index (χ0v) is 18.7. The molecule has 1 saturated heterocycles. The largest absolute Gasteiger partial charge is 0.437 e. The van der Waals surface area contributed by atoms with Crippen molar-refractivity contribution in [3.05, 3.63) is 89.9 Å². The van der Waals surface area contributed by atoms with E-state index >= 15 is 0 Å². The van der Waals surface area contributed by atoms with E-state index in [9.17, 15) is 9.18 Å². The Balaban J connectivity index is 1.36. The molecule has 3 aromatic heterocycles.